The Morgan fingerprint density at radius 3 is 3.07 bits per heavy atom. The molecule has 15 heavy (non-hydrogen) atoms. The Morgan fingerprint density at radius 2 is 2.20 bits per heavy atom. The topological polar surface area (TPSA) is 20.3 Å². The lowest BCUT2D eigenvalue weighted by Gasteiger charge is -2.37. The molecule has 2 aliphatic rings. The van der Waals surface area contributed by atoms with Crippen LogP contribution in [-0.2, 0) is 4.79 Å². The molecule has 2 rings (SSSR count). The van der Waals surface area contributed by atoms with E-state index >= 15 is 0 Å². The standard InChI is InChI=1S/C12H21NOS/c1-10-3-4-11(14)9-12(10)13-5-2-7-15-8-6-13/h10,12H,2-9H2,1H3. The molecule has 0 aromatic carbocycles. The molecule has 0 spiro atoms. The van der Waals surface area contributed by atoms with Crippen LogP contribution in [0.3, 0.4) is 0 Å². The van der Waals surface area contributed by atoms with Crippen LogP contribution >= 0.6 is 11.8 Å². The summed E-state index contributed by atoms with van der Waals surface area (Å²) in [7, 11) is 0. The van der Waals surface area contributed by atoms with Crippen molar-refractivity contribution in [3.8, 4) is 0 Å². The Hall–Kier alpha value is -0.0200. The first-order valence-corrected chi connectivity index (χ1v) is 7.26. The molecular weight excluding hydrogens is 206 g/mol. The minimum atomic E-state index is 0.481. The summed E-state index contributed by atoms with van der Waals surface area (Å²) >= 11 is 2.06. The third-order valence-corrected chi connectivity index (χ3v) is 4.75. The average Bonchev–Trinajstić information content (AvgIpc) is 2.50. The van der Waals surface area contributed by atoms with Gasteiger partial charge in [0.2, 0.25) is 0 Å². The van der Waals surface area contributed by atoms with E-state index < -0.39 is 0 Å². The molecule has 0 N–H and O–H groups in total. The molecule has 0 radical (unpaired) electrons. The second-order valence-electron chi connectivity index (χ2n) is 4.83. The molecule has 0 amide bonds. The number of hydrogen-bond donors (Lipinski definition) is 0. The van der Waals surface area contributed by atoms with E-state index in [0.29, 0.717) is 17.7 Å². The zero-order chi connectivity index (χ0) is 10.7. The zero-order valence-corrected chi connectivity index (χ0v) is 10.4. The number of nitrogens with zero attached hydrogens (tertiary/aromatic N) is 1. The first kappa shape index (κ1) is 11.5. The van der Waals surface area contributed by atoms with Gasteiger partial charge in [-0.2, -0.15) is 11.8 Å². The Bertz CT molecular complexity index is 224. The molecule has 2 nitrogen and oxygen atoms in total. The van der Waals surface area contributed by atoms with E-state index in [0.717, 1.165) is 19.3 Å². The lowest BCUT2D eigenvalue weighted by molar-refractivity contribution is -0.123. The zero-order valence-electron chi connectivity index (χ0n) is 9.58. The normalized spacial score (nSPS) is 35.1. The van der Waals surface area contributed by atoms with Gasteiger partial charge >= 0.3 is 0 Å². The first-order valence-electron chi connectivity index (χ1n) is 6.11. The quantitative estimate of drug-likeness (QED) is 0.685. The van der Waals surface area contributed by atoms with Gasteiger partial charge in [0.15, 0.2) is 0 Å². The third kappa shape index (κ3) is 2.97. The van der Waals surface area contributed by atoms with Crippen molar-refractivity contribution in [2.45, 2.75) is 38.6 Å². The number of ketones is 1. The summed E-state index contributed by atoms with van der Waals surface area (Å²) in [5.74, 6) is 3.74. The van der Waals surface area contributed by atoms with Crippen molar-refractivity contribution in [3.63, 3.8) is 0 Å². The lowest BCUT2D eigenvalue weighted by atomic mass is 9.84. The van der Waals surface area contributed by atoms with Crippen LogP contribution in [0.2, 0.25) is 0 Å². The molecule has 0 aromatic rings. The van der Waals surface area contributed by atoms with Crippen molar-refractivity contribution in [1.29, 1.82) is 0 Å². The molecule has 1 aliphatic heterocycles. The number of rotatable bonds is 1. The minimum Gasteiger partial charge on any atom is -0.300 e. The van der Waals surface area contributed by atoms with E-state index in [9.17, 15) is 4.79 Å². The van der Waals surface area contributed by atoms with E-state index in [1.807, 2.05) is 0 Å². The van der Waals surface area contributed by atoms with Gasteiger partial charge in [0.1, 0.15) is 5.78 Å². The molecule has 1 saturated carbocycles. The van der Waals surface area contributed by atoms with Crippen LogP contribution in [0.1, 0.15) is 32.6 Å². The first-order chi connectivity index (χ1) is 7.27. The summed E-state index contributed by atoms with van der Waals surface area (Å²) in [6.07, 6.45) is 4.03. The van der Waals surface area contributed by atoms with Crippen molar-refractivity contribution in [1.82, 2.24) is 4.90 Å². The van der Waals surface area contributed by atoms with E-state index in [-0.39, 0.29) is 0 Å². The summed E-state index contributed by atoms with van der Waals surface area (Å²) in [6.45, 7) is 4.71. The van der Waals surface area contributed by atoms with Gasteiger partial charge in [-0.05, 0) is 31.1 Å². The third-order valence-electron chi connectivity index (χ3n) is 3.70. The van der Waals surface area contributed by atoms with Crippen LogP contribution in [-0.4, -0.2) is 41.3 Å². The van der Waals surface area contributed by atoms with Crippen molar-refractivity contribution in [2.24, 2.45) is 5.92 Å². The van der Waals surface area contributed by atoms with Crippen molar-refractivity contribution < 1.29 is 4.79 Å². The fraction of sp³-hybridized carbons (Fsp3) is 0.917. The van der Waals surface area contributed by atoms with Crippen LogP contribution in [0.25, 0.3) is 0 Å². The molecule has 0 aromatic heterocycles. The SMILES string of the molecule is CC1CCC(=O)CC1N1CCCSCC1. The highest BCUT2D eigenvalue weighted by Crippen LogP contribution is 2.27. The van der Waals surface area contributed by atoms with E-state index in [1.54, 1.807) is 0 Å². The Morgan fingerprint density at radius 1 is 1.33 bits per heavy atom. The van der Waals surface area contributed by atoms with E-state index in [1.165, 1.54) is 31.0 Å². The summed E-state index contributed by atoms with van der Waals surface area (Å²) in [6, 6.07) is 0.546. The molecule has 1 aliphatic carbocycles. The Kier molecular flexibility index (Phi) is 4.09. The van der Waals surface area contributed by atoms with Gasteiger partial charge in [-0.25, -0.2) is 0 Å². The molecule has 2 unspecified atom stereocenters. The molecule has 3 heteroatoms. The molecule has 2 fully saturated rings. The van der Waals surface area contributed by atoms with Crippen LogP contribution < -0.4 is 0 Å². The van der Waals surface area contributed by atoms with Crippen LogP contribution in [0.15, 0.2) is 0 Å². The van der Waals surface area contributed by atoms with E-state index in [2.05, 4.69) is 23.6 Å². The van der Waals surface area contributed by atoms with Crippen molar-refractivity contribution in [2.75, 3.05) is 24.6 Å². The largest absolute Gasteiger partial charge is 0.300 e. The number of carbonyl (C=O) groups excluding carboxylic acids is 1. The smallest absolute Gasteiger partial charge is 0.134 e. The Balaban J connectivity index is 1.96. The highest BCUT2D eigenvalue weighted by atomic mass is 32.2. The van der Waals surface area contributed by atoms with Crippen molar-refractivity contribution >= 4 is 17.5 Å². The highest BCUT2D eigenvalue weighted by Gasteiger charge is 2.30. The summed E-state index contributed by atoms with van der Waals surface area (Å²) in [5.41, 5.74) is 0. The molecule has 1 heterocycles. The number of carbonyl (C=O) groups is 1. The molecule has 0 bridgehead atoms. The Labute approximate surface area is 96.8 Å². The fourth-order valence-corrected chi connectivity index (χ4v) is 3.60. The van der Waals surface area contributed by atoms with Gasteiger partial charge in [0.25, 0.3) is 0 Å². The van der Waals surface area contributed by atoms with Gasteiger partial charge in [0.05, 0.1) is 0 Å². The molecule has 2 atom stereocenters. The monoisotopic (exact) mass is 227 g/mol. The highest BCUT2D eigenvalue weighted by molar-refractivity contribution is 7.99. The van der Waals surface area contributed by atoms with Crippen LogP contribution in [0.4, 0.5) is 0 Å². The predicted molar refractivity (Wildman–Crippen MR) is 65.3 cm³/mol. The fourth-order valence-electron chi connectivity index (χ4n) is 2.70. The van der Waals surface area contributed by atoms with Gasteiger partial charge in [-0.1, -0.05) is 6.92 Å². The summed E-state index contributed by atoms with van der Waals surface area (Å²) < 4.78 is 0. The van der Waals surface area contributed by atoms with Crippen LogP contribution in [0, 0.1) is 5.92 Å². The van der Waals surface area contributed by atoms with Gasteiger partial charge in [-0.3, -0.25) is 9.69 Å². The minimum absolute atomic E-state index is 0.481. The van der Waals surface area contributed by atoms with E-state index in [4.69, 9.17) is 0 Å². The number of hydrogen-bond acceptors (Lipinski definition) is 3. The lowest BCUT2D eigenvalue weighted by Crippen LogP contribution is -2.44. The van der Waals surface area contributed by atoms with Gasteiger partial charge in [0, 0.05) is 31.2 Å². The molecular formula is C12H21NOS. The maximum atomic E-state index is 11.5. The van der Waals surface area contributed by atoms with Crippen LogP contribution in [0.5, 0.6) is 0 Å². The number of Topliss-reactive ketones (excluding diaryl/α,β-unsaturated/α-hetero) is 1. The second kappa shape index (κ2) is 5.35. The maximum absolute atomic E-state index is 11.5. The molecule has 1 saturated heterocycles. The number of thioether (sulfide) groups is 1. The molecule has 86 valence electrons. The predicted octanol–water partition coefficient (Wildman–Crippen LogP) is 2.18. The summed E-state index contributed by atoms with van der Waals surface area (Å²) in [5, 5.41) is 0. The second-order valence-corrected chi connectivity index (χ2v) is 6.05. The van der Waals surface area contributed by atoms with Gasteiger partial charge in [-0.15, -0.1) is 0 Å². The average molecular weight is 227 g/mol. The van der Waals surface area contributed by atoms with Gasteiger partial charge < -0.3 is 0 Å². The summed E-state index contributed by atoms with van der Waals surface area (Å²) in [4.78, 5) is 14.1. The maximum Gasteiger partial charge on any atom is 0.134 e. The van der Waals surface area contributed by atoms with Crippen molar-refractivity contribution in [3.05, 3.63) is 0 Å².